The lowest BCUT2D eigenvalue weighted by Crippen LogP contribution is -2.51. The maximum absolute atomic E-state index is 12.3. The summed E-state index contributed by atoms with van der Waals surface area (Å²) in [5.41, 5.74) is 0. The molecule has 1 saturated heterocycles. The van der Waals surface area contributed by atoms with E-state index in [-0.39, 0.29) is 18.7 Å². The van der Waals surface area contributed by atoms with Gasteiger partial charge in [-0.1, -0.05) is 12.2 Å². The van der Waals surface area contributed by atoms with E-state index in [9.17, 15) is 4.79 Å². The van der Waals surface area contributed by atoms with Gasteiger partial charge in [-0.3, -0.25) is 0 Å². The molecule has 0 saturated carbocycles. The molecule has 2 rings (SSSR count). The molecule has 0 radical (unpaired) electrons. The van der Waals surface area contributed by atoms with Crippen LogP contribution in [0.4, 0.5) is 4.79 Å². The smallest absolute Gasteiger partial charge is 0.317 e. The van der Waals surface area contributed by atoms with Gasteiger partial charge in [-0.25, -0.2) is 4.79 Å². The summed E-state index contributed by atoms with van der Waals surface area (Å²) in [6.07, 6.45) is 11.4. The summed E-state index contributed by atoms with van der Waals surface area (Å²) >= 11 is 0. The van der Waals surface area contributed by atoms with Gasteiger partial charge in [0, 0.05) is 25.2 Å². The second kappa shape index (κ2) is 6.78. The van der Waals surface area contributed by atoms with Crippen molar-refractivity contribution in [3.63, 3.8) is 0 Å². The van der Waals surface area contributed by atoms with Crippen molar-refractivity contribution in [1.82, 2.24) is 10.2 Å². The Labute approximate surface area is 109 Å². The number of aliphatic hydroxyl groups is 1. The average molecular weight is 252 g/mol. The van der Waals surface area contributed by atoms with E-state index in [2.05, 4.69) is 17.5 Å². The number of piperidine rings is 1. The van der Waals surface area contributed by atoms with Gasteiger partial charge in [-0.05, 0) is 44.9 Å². The molecule has 1 aliphatic carbocycles. The van der Waals surface area contributed by atoms with Gasteiger partial charge in [0.15, 0.2) is 0 Å². The van der Waals surface area contributed by atoms with Crippen LogP contribution in [0.5, 0.6) is 0 Å². The molecule has 2 aliphatic rings. The van der Waals surface area contributed by atoms with E-state index in [1.54, 1.807) is 0 Å². The minimum atomic E-state index is 0.0634. The third-order valence-electron chi connectivity index (χ3n) is 3.95. The van der Waals surface area contributed by atoms with Crippen LogP contribution in [0, 0.1) is 0 Å². The van der Waals surface area contributed by atoms with E-state index in [4.69, 9.17) is 5.11 Å². The van der Waals surface area contributed by atoms with E-state index >= 15 is 0 Å². The number of urea groups is 1. The molecule has 2 amide bonds. The van der Waals surface area contributed by atoms with Crippen LogP contribution in [0.15, 0.2) is 12.2 Å². The summed E-state index contributed by atoms with van der Waals surface area (Å²) < 4.78 is 0. The SMILES string of the molecule is O=C(NC1CC=CCC1)N1CCCCC1CCO. The van der Waals surface area contributed by atoms with Crippen molar-refractivity contribution in [2.45, 2.75) is 57.0 Å². The maximum Gasteiger partial charge on any atom is 0.317 e. The fourth-order valence-electron chi connectivity index (χ4n) is 2.90. The zero-order chi connectivity index (χ0) is 12.8. The number of likely N-dealkylation sites (tertiary alicyclic amines) is 1. The molecule has 0 aromatic carbocycles. The highest BCUT2D eigenvalue weighted by Crippen LogP contribution is 2.20. The minimum Gasteiger partial charge on any atom is -0.396 e. The van der Waals surface area contributed by atoms with E-state index in [0.717, 1.165) is 38.6 Å². The van der Waals surface area contributed by atoms with Crippen LogP contribution in [-0.4, -0.2) is 41.3 Å². The van der Waals surface area contributed by atoms with Gasteiger partial charge in [0.1, 0.15) is 0 Å². The number of amides is 2. The maximum atomic E-state index is 12.3. The molecular formula is C14H24N2O2. The number of carbonyl (C=O) groups is 1. The van der Waals surface area contributed by atoms with Crippen LogP contribution in [0.25, 0.3) is 0 Å². The lowest BCUT2D eigenvalue weighted by atomic mass is 9.99. The summed E-state index contributed by atoms with van der Waals surface area (Å²) in [5.74, 6) is 0. The Morgan fingerprint density at radius 3 is 2.94 bits per heavy atom. The molecule has 0 aromatic heterocycles. The van der Waals surface area contributed by atoms with Crippen molar-refractivity contribution in [3.05, 3.63) is 12.2 Å². The molecule has 4 nitrogen and oxygen atoms in total. The lowest BCUT2D eigenvalue weighted by molar-refractivity contribution is 0.129. The Hall–Kier alpha value is -1.03. The normalized spacial score (nSPS) is 28.2. The van der Waals surface area contributed by atoms with E-state index in [1.807, 2.05) is 4.90 Å². The monoisotopic (exact) mass is 252 g/mol. The molecule has 0 bridgehead atoms. The highest BCUT2D eigenvalue weighted by atomic mass is 16.3. The molecule has 102 valence electrons. The summed E-state index contributed by atoms with van der Waals surface area (Å²) in [7, 11) is 0. The largest absolute Gasteiger partial charge is 0.396 e. The molecule has 2 unspecified atom stereocenters. The Bertz CT molecular complexity index is 302. The molecule has 2 N–H and O–H groups in total. The molecule has 1 fully saturated rings. The van der Waals surface area contributed by atoms with Gasteiger partial charge in [0.2, 0.25) is 0 Å². The van der Waals surface area contributed by atoms with Gasteiger partial charge in [0.25, 0.3) is 0 Å². The Kier molecular flexibility index (Phi) is 5.05. The highest BCUT2D eigenvalue weighted by molar-refractivity contribution is 5.75. The first-order valence-corrected chi connectivity index (χ1v) is 7.14. The number of aliphatic hydroxyl groups excluding tert-OH is 1. The average Bonchev–Trinajstić information content (AvgIpc) is 2.41. The van der Waals surface area contributed by atoms with E-state index in [1.165, 1.54) is 6.42 Å². The fourth-order valence-corrected chi connectivity index (χ4v) is 2.90. The predicted octanol–water partition coefficient (Wildman–Crippen LogP) is 2.04. The number of rotatable bonds is 3. The van der Waals surface area contributed by atoms with Gasteiger partial charge in [-0.15, -0.1) is 0 Å². The van der Waals surface area contributed by atoms with Crippen LogP contribution in [0.3, 0.4) is 0 Å². The van der Waals surface area contributed by atoms with Crippen molar-refractivity contribution in [2.75, 3.05) is 13.2 Å². The number of hydrogen-bond acceptors (Lipinski definition) is 2. The highest BCUT2D eigenvalue weighted by Gasteiger charge is 2.27. The van der Waals surface area contributed by atoms with Crippen LogP contribution < -0.4 is 5.32 Å². The number of hydrogen-bond donors (Lipinski definition) is 2. The van der Waals surface area contributed by atoms with E-state index in [0.29, 0.717) is 12.5 Å². The topological polar surface area (TPSA) is 52.6 Å². The Morgan fingerprint density at radius 1 is 1.33 bits per heavy atom. The van der Waals surface area contributed by atoms with Crippen LogP contribution >= 0.6 is 0 Å². The van der Waals surface area contributed by atoms with Gasteiger partial charge in [0.05, 0.1) is 0 Å². The van der Waals surface area contributed by atoms with Crippen molar-refractivity contribution < 1.29 is 9.90 Å². The zero-order valence-electron chi connectivity index (χ0n) is 11.0. The van der Waals surface area contributed by atoms with Gasteiger partial charge < -0.3 is 15.3 Å². The third kappa shape index (κ3) is 3.48. The molecule has 2 atom stereocenters. The second-order valence-corrected chi connectivity index (χ2v) is 5.29. The Morgan fingerprint density at radius 2 is 2.22 bits per heavy atom. The first-order chi connectivity index (χ1) is 8.81. The van der Waals surface area contributed by atoms with Crippen LogP contribution in [-0.2, 0) is 0 Å². The molecule has 18 heavy (non-hydrogen) atoms. The predicted molar refractivity (Wildman–Crippen MR) is 71.4 cm³/mol. The Balaban J connectivity index is 1.87. The number of carbonyl (C=O) groups excluding carboxylic acids is 1. The molecular weight excluding hydrogens is 228 g/mol. The van der Waals surface area contributed by atoms with Gasteiger partial charge >= 0.3 is 6.03 Å². The standard InChI is InChI=1S/C14H24N2O2/c17-11-9-13-8-4-5-10-16(13)14(18)15-12-6-2-1-3-7-12/h1-2,12-13,17H,3-11H2,(H,15,18). The molecule has 4 heteroatoms. The fraction of sp³-hybridized carbons (Fsp3) is 0.786. The van der Waals surface area contributed by atoms with Crippen molar-refractivity contribution in [2.24, 2.45) is 0 Å². The zero-order valence-corrected chi connectivity index (χ0v) is 11.0. The first kappa shape index (κ1) is 13.4. The summed E-state index contributed by atoms with van der Waals surface area (Å²) in [5, 5.41) is 12.2. The van der Waals surface area contributed by atoms with Crippen molar-refractivity contribution >= 4 is 6.03 Å². The molecule has 0 spiro atoms. The third-order valence-corrected chi connectivity index (χ3v) is 3.95. The van der Waals surface area contributed by atoms with Gasteiger partial charge in [-0.2, -0.15) is 0 Å². The van der Waals surface area contributed by atoms with Crippen LogP contribution in [0.2, 0.25) is 0 Å². The second-order valence-electron chi connectivity index (χ2n) is 5.29. The summed E-state index contributed by atoms with van der Waals surface area (Å²) in [6.45, 7) is 1.000. The van der Waals surface area contributed by atoms with Crippen molar-refractivity contribution in [3.8, 4) is 0 Å². The number of nitrogens with one attached hydrogen (secondary N) is 1. The lowest BCUT2D eigenvalue weighted by Gasteiger charge is -2.36. The number of nitrogens with zero attached hydrogens (tertiary/aromatic N) is 1. The summed E-state index contributed by atoms with van der Waals surface area (Å²) in [6, 6.07) is 0.579. The number of allylic oxidation sites excluding steroid dienone is 1. The quantitative estimate of drug-likeness (QED) is 0.755. The minimum absolute atomic E-state index is 0.0634. The van der Waals surface area contributed by atoms with Crippen LogP contribution in [0.1, 0.15) is 44.9 Å². The molecule has 1 heterocycles. The van der Waals surface area contributed by atoms with E-state index < -0.39 is 0 Å². The molecule has 0 aromatic rings. The molecule has 1 aliphatic heterocycles. The van der Waals surface area contributed by atoms with Crippen molar-refractivity contribution in [1.29, 1.82) is 0 Å². The summed E-state index contributed by atoms with van der Waals surface area (Å²) in [4.78, 5) is 14.2. The first-order valence-electron chi connectivity index (χ1n) is 7.14.